The Morgan fingerprint density at radius 3 is 1.48 bits per heavy atom. The van der Waals surface area contributed by atoms with Gasteiger partial charge in [-0.1, -0.05) is 96.0 Å². The third-order valence-electron chi connectivity index (χ3n) is 17.6. The van der Waals surface area contributed by atoms with Crippen molar-refractivity contribution in [3.05, 3.63) is 165 Å². The number of rotatable bonds is 16. The van der Waals surface area contributed by atoms with Crippen LogP contribution in [-0.2, 0) is 45.1 Å². The molecule has 406 valence electrons. The predicted molar refractivity (Wildman–Crippen MR) is 299 cm³/mol. The van der Waals surface area contributed by atoms with E-state index in [1.807, 2.05) is 43.3 Å². The van der Waals surface area contributed by atoms with Crippen molar-refractivity contribution in [1.82, 2.24) is 0 Å². The lowest BCUT2D eigenvalue weighted by Crippen LogP contribution is -2.19. The molecule has 0 heterocycles. The fraction of sp³-hybridized carbons (Fsp3) is 0.433. The maximum atomic E-state index is 15.1. The number of aryl methyl sites for hydroxylation is 2. The van der Waals surface area contributed by atoms with Gasteiger partial charge in [0, 0.05) is 11.1 Å². The van der Waals surface area contributed by atoms with Crippen molar-refractivity contribution in [2.75, 3.05) is 28.4 Å². The second-order valence-electron chi connectivity index (χ2n) is 23.2. The van der Waals surface area contributed by atoms with Crippen LogP contribution in [0.4, 0.5) is 8.78 Å². The number of halogens is 2. The molecule has 4 aliphatic rings. The minimum atomic E-state index is -0.245. The van der Waals surface area contributed by atoms with Gasteiger partial charge in [0.05, 0.1) is 40.8 Å². The zero-order chi connectivity index (χ0) is 54.6. The minimum absolute atomic E-state index is 0.134. The maximum absolute atomic E-state index is 15.1. The molecule has 0 aliphatic heterocycles. The molecular formula is C67H76F2O8. The minimum Gasteiger partial charge on any atom is -0.497 e. The monoisotopic (exact) mass is 1050 g/mol. The lowest BCUT2D eigenvalue weighted by Gasteiger charge is -2.30. The Hall–Kier alpha value is -6.68. The van der Waals surface area contributed by atoms with Crippen molar-refractivity contribution in [3.8, 4) is 45.3 Å². The molecule has 0 spiro atoms. The van der Waals surface area contributed by atoms with E-state index in [0.717, 1.165) is 85.1 Å². The lowest BCUT2D eigenvalue weighted by atomic mass is 9.75. The third kappa shape index (κ3) is 12.1. The van der Waals surface area contributed by atoms with Gasteiger partial charge in [-0.2, -0.15) is 0 Å². The van der Waals surface area contributed by atoms with E-state index in [1.165, 1.54) is 72.6 Å². The van der Waals surface area contributed by atoms with Crippen LogP contribution in [0.15, 0.2) is 109 Å². The first kappa shape index (κ1) is 55.1. The lowest BCUT2D eigenvalue weighted by molar-refractivity contribution is -0.145. The van der Waals surface area contributed by atoms with Gasteiger partial charge < -0.3 is 28.4 Å². The number of benzene rings is 6. The van der Waals surface area contributed by atoms with Crippen molar-refractivity contribution < 1.29 is 46.8 Å². The summed E-state index contributed by atoms with van der Waals surface area (Å²) in [6, 6.07) is 34.9. The van der Waals surface area contributed by atoms with Crippen LogP contribution in [0.3, 0.4) is 0 Å². The number of carbonyl (C=O) groups excluding carboxylic acids is 2. The molecule has 6 aromatic carbocycles. The molecule has 8 nitrogen and oxygen atoms in total. The molecule has 0 bridgehead atoms. The number of hydrogen-bond donors (Lipinski definition) is 0. The number of carbonyl (C=O) groups is 2. The zero-order valence-corrected chi connectivity index (χ0v) is 46.5. The quantitative estimate of drug-likeness (QED) is 0.0886. The van der Waals surface area contributed by atoms with Gasteiger partial charge in [-0.05, 0) is 202 Å². The molecule has 0 amide bonds. The van der Waals surface area contributed by atoms with Gasteiger partial charge in [-0.15, -0.1) is 0 Å². The van der Waals surface area contributed by atoms with Crippen LogP contribution in [0.5, 0.6) is 23.0 Å². The van der Waals surface area contributed by atoms with E-state index in [9.17, 15) is 9.59 Å². The molecule has 5 unspecified atom stereocenters. The van der Waals surface area contributed by atoms with E-state index in [1.54, 1.807) is 38.5 Å². The summed E-state index contributed by atoms with van der Waals surface area (Å²) < 4.78 is 63.4. The normalized spacial score (nSPS) is 20.0. The van der Waals surface area contributed by atoms with Gasteiger partial charge in [0.15, 0.2) is 0 Å². The van der Waals surface area contributed by atoms with E-state index in [0.29, 0.717) is 54.1 Å². The highest BCUT2D eigenvalue weighted by molar-refractivity contribution is 5.74. The summed E-state index contributed by atoms with van der Waals surface area (Å²) in [6.07, 6.45) is 11.0. The second kappa shape index (κ2) is 23.5. The van der Waals surface area contributed by atoms with Crippen LogP contribution in [0.2, 0.25) is 0 Å². The summed E-state index contributed by atoms with van der Waals surface area (Å²) >= 11 is 0. The molecule has 4 aliphatic carbocycles. The topological polar surface area (TPSA) is 89.5 Å². The van der Waals surface area contributed by atoms with Gasteiger partial charge in [0.1, 0.15) is 47.8 Å². The van der Waals surface area contributed by atoms with E-state index < -0.39 is 0 Å². The van der Waals surface area contributed by atoms with E-state index >= 15 is 8.78 Å². The molecule has 2 saturated carbocycles. The number of ether oxygens (including phenoxy) is 6. The standard InChI is InChI=1S/C34H39FO4.C33H37FO4/c1-21(33(36)38-5)26-14-10-23-9-11-25(19-28(23)26)39-20-22-8-13-27(30-18-24(37-4)12-15-32(30)35)29(17-22)31-7-6-16-34(31,2)3;1-33(2)15-5-6-30(33)28-16-21(7-13-26(28)29-18-24(36-3)12-14-31(29)34)20-38-25-11-10-22-8-9-23(27(22)19-25)17-32(35)37-4/h8-9,11-13,15,17-19,21,26,31H,6-7,10,14,16,20H2,1-5H3;7,10-14,16,18-19,23,30H,5-6,8-9,15,17,20H2,1-4H3. The number of methoxy groups -OCH3 is 4. The highest BCUT2D eigenvalue weighted by Crippen LogP contribution is 2.53. The molecule has 6 aromatic rings. The summed E-state index contributed by atoms with van der Waals surface area (Å²) in [4.78, 5) is 24.1. The second-order valence-corrected chi connectivity index (χ2v) is 23.2. The van der Waals surface area contributed by atoms with Crippen molar-refractivity contribution in [2.24, 2.45) is 16.7 Å². The Morgan fingerprint density at radius 1 is 0.532 bits per heavy atom. The zero-order valence-electron chi connectivity index (χ0n) is 46.5. The molecule has 0 radical (unpaired) electrons. The first-order valence-electron chi connectivity index (χ1n) is 27.6. The Bertz CT molecular complexity index is 3100. The van der Waals surface area contributed by atoms with Crippen LogP contribution in [-0.4, -0.2) is 40.4 Å². The van der Waals surface area contributed by atoms with Gasteiger partial charge >= 0.3 is 11.9 Å². The largest absolute Gasteiger partial charge is 0.497 e. The third-order valence-corrected chi connectivity index (χ3v) is 17.6. The number of hydrogen-bond acceptors (Lipinski definition) is 8. The highest BCUT2D eigenvalue weighted by atomic mass is 19.1. The SMILES string of the molecule is COC(=O)C(C)C1CCc2ccc(OCc3ccc(-c4cc(OC)ccc4F)c(C4CCCC4(C)C)c3)cc21.COC(=O)CC1CCc2ccc(OCc3ccc(-c4cc(OC)ccc4F)c(C4CCCC4(C)C)c3)cc21. The van der Waals surface area contributed by atoms with Crippen LogP contribution in [0.25, 0.3) is 22.3 Å². The molecule has 0 saturated heterocycles. The molecule has 10 heteroatoms. The van der Waals surface area contributed by atoms with Crippen LogP contribution in [0.1, 0.15) is 161 Å². The Balaban J connectivity index is 0.000000188. The molecular weight excluding hydrogens is 971 g/mol. The summed E-state index contributed by atoms with van der Waals surface area (Å²) in [7, 11) is 6.10. The fourth-order valence-corrected chi connectivity index (χ4v) is 13.1. The Labute approximate surface area is 454 Å². The first-order valence-corrected chi connectivity index (χ1v) is 27.6. The summed E-state index contributed by atoms with van der Waals surface area (Å²) in [5.74, 6) is 2.84. The fourth-order valence-electron chi connectivity index (χ4n) is 13.1. The Morgan fingerprint density at radius 2 is 1.01 bits per heavy atom. The summed E-state index contributed by atoms with van der Waals surface area (Å²) in [6.45, 7) is 12.0. The van der Waals surface area contributed by atoms with Gasteiger partial charge in [-0.3, -0.25) is 9.59 Å². The number of fused-ring (bicyclic) bond motifs is 2. The van der Waals surface area contributed by atoms with Crippen LogP contribution >= 0.6 is 0 Å². The smallest absolute Gasteiger partial charge is 0.308 e. The van der Waals surface area contributed by atoms with Gasteiger partial charge in [0.25, 0.3) is 0 Å². The Kier molecular flexibility index (Phi) is 16.8. The molecule has 0 N–H and O–H groups in total. The summed E-state index contributed by atoms with van der Waals surface area (Å²) in [5, 5.41) is 0. The van der Waals surface area contributed by atoms with E-state index in [-0.39, 0.29) is 52.2 Å². The van der Waals surface area contributed by atoms with Crippen molar-refractivity contribution in [3.63, 3.8) is 0 Å². The van der Waals surface area contributed by atoms with Gasteiger partial charge in [-0.25, -0.2) is 8.78 Å². The highest BCUT2D eigenvalue weighted by Gasteiger charge is 2.39. The summed E-state index contributed by atoms with van der Waals surface area (Å²) in [5.41, 5.74) is 12.6. The average molecular weight is 1050 g/mol. The van der Waals surface area contributed by atoms with E-state index in [2.05, 4.69) is 64.1 Å². The van der Waals surface area contributed by atoms with Crippen LogP contribution in [0, 0.1) is 28.4 Å². The van der Waals surface area contributed by atoms with Crippen LogP contribution < -0.4 is 18.9 Å². The molecule has 77 heavy (non-hydrogen) atoms. The van der Waals surface area contributed by atoms with Gasteiger partial charge in [0.2, 0.25) is 0 Å². The molecule has 2 fully saturated rings. The maximum Gasteiger partial charge on any atom is 0.308 e. The number of esters is 2. The molecule has 0 aromatic heterocycles. The molecule has 10 rings (SSSR count). The van der Waals surface area contributed by atoms with Crippen molar-refractivity contribution in [1.29, 1.82) is 0 Å². The predicted octanol–water partition coefficient (Wildman–Crippen LogP) is 16.2. The van der Waals surface area contributed by atoms with Crippen molar-refractivity contribution >= 4 is 11.9 Å². The molecule has 5 atom stereocenters. The first-order chi connectivity index (χ1) is 37.0. The average Bonchev–Trinajstić information content (AvgIpc) is 4.23. The van der Waals surface area contributed by atoms with E-state index in [4.69, 9.17) is 28.4 Å². The van der Waals surface area contributed by atoms with Crippen molar-refractivity contribution in [2.45, 2.75) is 142 Å².